The van der Waals surface area contributed by atoms with E-state index >= 15 is 0 Å². The van der Waals surface area contributed by atoms with E-state index in [1.54, 1.807) is 19.2 Å². The van der Waals surface area contributed by atoms with Gasteiger partial charge in [0.15, 0.2) is 0 Å². The number of nitrogen functional groups attached to an aromatic ring is 1. The molecule has 0 spiro atoms. The minimum absolute atomic E-state index is 0.445. The van der Waals surface area contributed by atoms with Crippen LogP contribution in [-0.2, 0) is 4.74 Å². The van der Waals surface area contributed by atoms with Gasteiger partial charge in [0.25, 0.3) is 11.8 Å². The Morgan fingerprint density at radius 3 is 2.80 bits per heavy atom. The normalized spacial score (nSPS) is 15.3. The largest absolute Gasteiger partial charge is 0.495 e. The number of nitrogens with two attached hydrogens (primary N) is 1. The lowest BCUT2D eigenvalue weighted by molar-refractivity contribution is 0.121. The summed E-state index contributed by atoms with van der Waals surface area (Å²) in [6.45, 7) is 2.90. The molecular formula is C13H16N4O3. The number of nitrogens with zero attached hydrogens (tertiary/aromatic N) is 3. The molecule has 0 aliphatic carbocycles. The van der Waals surface area contributed by atoms with Crippen LogP contribution in [-0.4, -0.2) is 43.6 Å². The van der Waals surface area contributed by atoms with Crippen molar-refractivity contribution in [3.8, 4) is 17.2 Å². The maximum absolute atomic E-state index is 5.88. The summed E-state index contributed by atoms with van der Waals surface area (Å²) in [6.07, 6.45) is 0. The van der Waals surface area contributed by atoms with E-state index in [2.05, 4.69) is 10.1 Å². The minimum Gasteiger partial charge on any atom is -0.495 e. The van der Waals surface area contributed by atoms with Gasteiger partial charge in [0, 0.05) is 18.7 Å². The van der Waals surface area contributed by atoms with Gasteiger partial charge >= 0.3 is 0 Å². The third kappa shape index (κ3) is 2.39. The molecule has 7 heteroatoms. The highest BCUT2D eigenvalue weighted by molar-refractivity contribution is 5.65. The van der Waals surface area contributed by atoms with Crippen LogP contribution < -0.4 is 15.4 Å². The smallest absolute Gasteiger partial charge is 0.266 e. The number of anilines is 2. The van der Waals surface area contributed by atoms with Gasteiger partial charge in [-0.15, -0.1) is 0 Å². The Balaban J connectivity index is 1.84. The zero-order valence-electron chi connectivity index (χ0n) is 11.2. The highest BCUT2D eigenvalue weighted by Crippen LogP contribution is 2.28. The van der Waals surface area contributed by atoms with Crippen LogP contribution in [0.4, 0.5) is 11.6 Å². The summed E-state index contributed by atoms with van der Waals surface area (Å²) in [5.74, 6) is 1.65. The third-order valence-corrected chi connectivity index (χ3v) is 3.19. The first-order valence-corrected chi connectivity index (χ1v) is 6.38. The highest BCUT2D eigenvalue weighted by atomic mass is 16.5. The Morgan fingerprint density at radius 2 is 2.10 bits per heavy atom. The van der Waals surface area contributed by atoms with Gasteiger partial charge in [0.1, 0.15) is 5.75 Å². The number of hydrogen-bond acceptors (Lipinski definition) is 7. The maximum Gasteiger partial charge on any atom is 0.266 e. The lowest BCUT2D eigenvalue weighted by Crippen LogP contribution is -2.36. The first-order valence-electron chi connectivity index (χ1n) is 6.38. The summed E-state index contributed by atoms with van der Waals surface area (Å²) in [4.78, 5) is 6.43. The van der Waals surface area contributed by atoms with Gasteiger partial charge in [-0.25, -0.2) is 0 Å². The second-order valence-electron chi connectivity index (χ2n) is 4.46. The molecule has 3 rings (SSSR count). The quantitative estimate of drug-likeness (QED) is 0.842. The molecule has 0 amide bonds. The molecular weight excluding hydrogens is 260 g/mol. The highest BCUT2D eigenvalue weighted by Gasteiger charge is 2.18. The van der Waals surface area contributed by atoms with E-state index in [1.807, 2.05) is 11.0 Å². The van der Waals surface area contributed by atoms with Crippen LogP contribution in [0.5, 0.6) is 5.75 Å². The van der Waals surface area contributed by atoms with E-state index in [9.17, 15) is 0 Å². The number of aromatic nitrogens is 2. The van der Waals surface area contributed by atoms with Gasteiger partial charge in [0.2, 0.25) is 0 Å². The Kier molecular flexibility index (Phi) is 3.42. The predicted molar refractivity (Wildman–Crippen MR) is 73.7 cm³/mol. The van der Waals surface area contributed by atoms with Crippen molar-refractivity contribution in [3.05, 3.63) is 18.2 Å². The summed E-state index contributed by atoms with van der Waals surface area (Å²) in [5.41, 5.74) is 7.19. The van der Waals surface area contributed by atoms with E-state index in [0.717, 1.165) is 18.7 Å². The first kappa shape index (κ1) is 12.7. The SMILES string of the molecule is COc1ccc(-c2nc(N3CCOCC3)no2)cc1N. The summed E-state index contributed by atoms with van der Waals surface area (Å²) in [5, 5.41) is 4.00. The molecule has 7 nitrogen and oxygen atoms in total. The molecule has 1 aromatic carbocycles. The molecule has 106 valence electrons. The van der Waals surface area contributed by atoms with Crippen molar-refractivity contribution in [1.82, 2.24) is 10.1 Å². The predicted octanol–water partition coefficient (Wildman–Crippen LogP) is 1.16. The van der Waals surface area contributed by atoms with Gasteiger partial charge in [-0.05, 0) is 23.4 Å². The van der Waals surface area contributed by atoms with Crippen molar-refractivity contribution >= 4 is 11.6 Å². The third-order valence-electron chi connectivity index (χ3n) is 3.19. The maximum atomic E-state index is 5.88. The van der Waals surface area contributed by atoms with E-state index in [4.69, 9.17) is 19.7 Å². The van der Waals surface area contributed by atoms with Gasteiger partial charge < -0.3 is 24.6 Å². The van der Waals surface area contributed by atoms with E-state index in [-0.39, 0.29) is 0 Å². The summed E-state index contributed by atoms with van der Waals surface area (Å²) in [6, 6.07) is 5.38. The summed E-state index contributed by atoms with van der Waals surface area (Å²) < 4.78 is 15.7. The molecule has 1 aliphatic heterocycles. The molecule has 0 saturated carbocycles. The number of ether oxygens (including phenoxy) is 2. The van der Waals surface area contributed by atoms with Gasteiger partial charge in [0.05, 0.1) is 26.0 Å². The number of morpholine rings is 1. The molecule has 1 fully saturated rings. The molecule has 0 bridgehead atoms. The second kappa shape index (κ2) is 5.38. The minimum atomic E-state index is 0.445. The van der Waals surface area contributed by atoms with Crippen molar-refractivity contribution in [2.24, 2.45) is 0 Å². The van der Waals surface area contributed by atoms with Crippen LogP contribution in [0.1, 0.15) is 0 Å². The van der Waals surface area contributed by atoms with Crippen molar-refractivity contribution in [3.63, 3.8) is 0 Å². The fourth-order valence-electron chi connectivity index (χ4n) is 2.09. The molecule has 2 N–H and O–H groups in total. The van der Waals surface area contributed by atoms with Gasteiger partial charge in [-0.3, -0.25) is 0 Å². The Hall–Kier alpha value is -2.28. The van der Waals surface area contributed by atoms with Gasteiger partial charge in [-0.2, -0.15) is 4.98 Å². The summed E-state index contributed by atoms with van der Waals surface area (Å²) in [7, 11) is 1.58. The Bertz CT molecular complexity index is 593. The molecule has 2 heterocycles. The topological polar surface area (TPSA) is 86.6 Å². The van der Waals surface area contributed by atoms with Crippen molar-refractivity contribution in [1.29, 1.82) is 0 Å². The molecule has 1 aromatic heterocycles. The molecule has 1 aliphatic rings. The number of methoxy groups -OCH3 is 1. The first-order chi connectivity index (χ1) is 9.78. The lowest BCUT2D eigenvalue weighted by atomic mass is 10.2. The zero-order valence-corrected chi connectivity index (χ0v) is 11.2. The van der Waals surface area contributed by atoms with E-state index in [0.29, 0.717) is 36.5 Å². The molecule has 1 saturated heterocycles. The monoisotopic (exact) mass is 276 g/mol. The van der Waals surface area contributed by atoms with Gasteiger partial charge in [-0.1, -0.05) is 0 Å². The lowest BCUT2D eigenvalue weighted by Gasteiger charge is -2.24. The van der Waals surface area contributed by atoms with Crippen molar-refractivity contribution in [2.45, 2.75) is 0 Å². The van der Waals surface area contributed by atoms with Crippen LogP contribution in [0.2, 0.25) is 0 Å². The molecule has 0 unspecified atom stereocenters. The van der Waals surface area contributed by atoms with Crippen LogP contribution in [0.25, 0.3) is 11.5 Å². The van der Waals surface area contributed by atoms with Crippen LogP contribution >= 0.6 is 0 Å². The van der Waals surface area contributed by atoms with E-state index < -0.39 is 0 Å². The average molecular weight is 276 g/mol. The Morgan fingerprint density at radius 1 is 1.30 bits per heavy atom. The van der Waals surface area contributed by atoms with Crippen LogP contribution in [0.15, 0.2) is 22.7 Å². The van der Waals surface area contributed by atoms with E-state index in [1.165, 1.54) is 0 Å². The summed E-state index contributed by atoms with van der Waals surface area (Å²) >= 11 is 0. The molecule has 0 radical (unpaired) electrons. The second-order valence-corrected chi connectivity index (χ2v) is 4.46. The van der Waals surface area contributed by atoms with Crippen LogP contribution in [0.3, 0.4) is 0 Å². The zero-order chi connectivity index (χ0) is 13.9. The fraction of sp³-hybridized carbons (Fsp3) is 0.385. The number of rotatable bonds is 3. The Labute approximate surface area is 116 Å². The van der Waals surface area contributed by atoms with Crippen LogP contribution in [0, 0.1) is 0 Å². The molecule has 2 aromatic rings. The standard InChI is InChI=1S/C13H16N4O3/c1-18-11-3-2-9(8-10(11)14)12-15-13(16-20-12)17-4-6-19-7-5-17/h2-3,8H,4-7,14H2,1H3. The fourth-order valence-corrected chi connectivity index (χ4v) is 2.09. The molecule has 20 heavy (non-hydrogen) atoms. The van der Waals surface area contributed by atoms with Crippen molar-refractivity contribution in [2.75, 3.05) is 44.0 Å². The van der Waals surface area contributed by atoms with Crippen molar-refractivity contribution < 1.29 is 14.0 Å². The number of benzene rings is 1. The molecule has 0 atom stereocenters. The number of hydrogen-bond donors (Lipinski definition) is 1. The average Bonchev–Trinajstić information content (AvgIpc) is 2.98.